The van der Waals surface area contributed by atoms with E-state index >= 15 is 0 Å². The molecule has 0 aromatic heterocycles. The summed E-state index contributed by atoms with van der Waals surface area (Å²) in [5.41, 5.74) is 0.494. The fourth-order valence-corrected chi connectivity index (χ4v) is 10.7. The summed E-state index contributed by atoms with van der Waals surface area (Å²) in [7, 11) is 0. The van der Waals surface area contributed by atoms with Gasteiger partial charge in [0.1, 0.15) is 12.1 Å². The number of carbonyl (C=O) groups excluding carboxylic acids is 1. The Kier molecular flexibility index (Phi) is 7.29. The van der Waals surface area contributed by atoms with E-state index in [9.17, 15) is 14.7 Å². The van der Waals surface area contributed by atoms with Gasteiger partial charge in [-0.15, -0.1) is 0 Å². The third kappa shape index (κ3) is 4.38. The molecular formula is C32H53NO4. The molecule has 1 saturated heterocycles. The van der Waals surface area contributed by atoms with Gasteiger partial charge in [-0.1, -0.05) is 60.8 Å². The van der Waals surface area contributed by atoms with E-state index in [0.717, 1.165) is 48.9 Å². The largest absolute Gasteiger partial charge is 0.480 e. The van der Waals surface area contributed by atoms with Crippen LogP contribution in [-0.2, 0) is 14.3 Å². The number of nitrogens with zero attached hydrogens (tertiary/aromatic N) is 1. The fourth-order valence-electron chi connectivity index (χ4n) is 10.7. The molecule has 1 heterocycles. The summed E-state index contributed by atoms with van der Waals surface area (Å²) in [6, 6.07) is -0.00502. The molecule has 5 fully saturated rings. The first-order valence-electron chi connectivity index (χ1n) is 15.7. The fraction of sp³-hybridized carbons (Fsp3) is 0.938. The lowest BCUT2D eigenvalue weighted by atomic mass is 9.44. The van der Waals surface area contributed by atoms with Crippen LogP contribution in [0.1, 0.15) is 119 Å². The molecule has 0 aromatic rings. The van der Waals surface area contributed by atoms with Crippen LogP contribution in [0.3, 0.4) is 0 Å². The summed E-state index contributed by atoms with van der Waals surface area (Å²) < 4.78 is 6.71. The van der Waals surface area contributed by atoms with Crippen LogP contribution >= 0.6 is 0 Å². The van der Waals surface area contributed by atoms with Crippen molar-refractivity contribution < 1.29 is 19.4 Å². The Hall–Kier alpha value is -1.10. The first-order chi connectivity index (χ1) is 17.5. The number of carboxylic acid groups (broad SMARTS) is 1. The van der Waals surface area contributed by atoms with Gasteiger partial charge >= 0.3 is 5.97 Å². The number of rotatable bonds is 9. The van der Waals surface area contributed by atoms with Gasteiger partial charge in [0.15, 0.2) is 0 Å². The quantitative estimate of drug-likeness (QED) is 0.338. The molecule has 2 unspecified atom stereocenters. The maximum absolute atomic E-state index is 12.7. The highest BCUT2D eigenvalue weighted by atomic mass is 16.6. The average molecular weight is 516 g/mol. The van der Waals surface area contributed by atoms with E-state index in [0.29, 0.717) is 23.9 Å². The third-order valence-corrected chi connectivity index (χ3v) is 12.6. The zero-order valence-electron chi connectivity index (χ0n) is 24.4. The van der Waals surface area contributed by atoms with Crippen LogP contribution in [0.15, 0.2) is 0 Å². The van der Waals surface area contributed by atoms with Gasteiger partial charge in [-0.2, -0.15) is 0 Å². The molecule has 10 atom stereocenters. The highest BCUT2D eigenvalue weighted by molar-refractivity contribution is 5.81. The Morgan fingerprint density at radius 3 is 2.46 bits per heavy atom. The number of carbonyl (C=O) groups is 2. The van der Waals surface area contributed by atoms with Gasteiger partial charge in [-0.25, -0.2) is 0 Å². The minimum absolute atomic E-state index is 0.00502. The number of amides is 1. The van der Waals surface area contributed by atoms with Crippen molar-refractivity contribution in [2.24, 2.45) is 46.3 Å². The monoisotopic (exact) mass is 515 g/mol. The SMILES string of the molecule is CCC(=O)N(CC(=O)O)[C@H]1CC[C@]2(C)[C@H]3CC[C@]4(C)[C@@H](C(C)CCCC(C)C)CC[C@H]4[C@@H]3C[C@H]3OC32C1. The minimum atomic E-state index is -0.912. The van der Waals surface area contributed by atoms with Gasteiger partial charge in [0.25, 0.3) is 0 Å². The van der Waals surface area contributed by atoms with Crippen molar-refractivity contribution in [1.82, 2.24) is 4.90 Å². The molecule has 5 aliphatic rings. The number of hydrogen-bond donors (Lipinski definition) is 1. The summed E-state index contributed by atoms with van der Waals surface area (Å²) >= 11 is 0. The number of aliphatic carboxylic acids is 1. The summed E-state index contributed by atoms with van der Waals surface area (Å²) in [4.78, 5) is 25.9. The maximum atomic E-state index is 12.7. The van der Waals surface area contributed by atoms with Crippen molar-refractivity contribution in [3.63, 3.8) is 0 Å². The van der Waals surface area contributed by atoms with E-state index in [4.69, 9.17) is 4.74 Å². The molecule has 37 heavy (non-hydrogen) atoms. The third-order valence-electron chi connectivity index (χ3n) is 12.6. The first kappa shape index (κ1) is 27.5. The topological polar surface area (TPSA) is 70.1 Å². The predicted octanol–water partition coefficient (Wildman–Crippen LogP) is 6.93. The molecule has 0 bridgehead atoms. The lowest BCUT2D eigenvalue weighted by Gasteiger charge is -2.60. The number of hydrogen-bond acceptors (Lipinski definition) is 3. The van der Waals surface area contributed by atoms with Gasteiger partial charge in [0.2, 0.25) is 5.91 Å². The van der Waals surface area contributed by atoms with Gasteiger partial charge < -0.3 is 14.7 Å². The Morgan fingerprint density at radius 2 is 1.78 bits per heavy atom. The zero-order chi connectivity index (χ0) is 26.8. The number of carboxylic acids is 1. The summed E-state index contributed by atoms with van der Waals surface area (Å²) in [6.45, 7) is 14.1. The smallest absolute Gasteiger partial charge is 0.323 e. The molecule has 1 amide bonds. The van der Waals surface area contributed by atoms with Crippen LogP contribution in [0.4, 0.5) is 0 Å². The van der Waals surface area contributed by atoms with E-state index in [-0.39, 0.29) is 29.5 Å². The molecule has 210 valence electrons. The van der Waals surface area contributed by atoms with Crippen molar-refractivity contribution in [3.05, 3.63) is 0 Å². The summed E-state index contributed by atoms with van der Waals surface area (Å²) in [6.07, 6.45) is 14.2. The second-order valence-electron chi connectivity index (χ2n) is 14.7. The zero-order valence-corrected chi connectivity index (χ0v) is 24.4. The van der Waals surface area contributed by atoms with Crippen molar-refractivity contribution in [1.29, 1.82) is 0 Å². The molecular weight excluding hydrogens is 462 g/mol. The van der Waals surface area contributed by atoms with Crippen LogP contribution in [0.25, 0.3) is 0 Å². The Labute approximate surface area is 225 Å². The second kappa shape index (κ2) is 9.82. The van der Waals surface area contributed by atoms with Crippen molar-refractivity contribution in [2.75, 3.05) is 6.54 Å². The van der Waals surface area contributed by atoms with Crippen LogP contribution in [0, 0.1) is 46.3 Å². The first-order valence-corrected chi connectivity index (χ1v) is 15.7. The van der Waals surface area contributed by atoms with E-state index < -0.39 is 5.97 Å². The molecule has 1 aliphatic heterocycles. The Balaban J connectivity index is 1.31. The van der Waals surface area contributed by atoms with Crippen LogP contribution < -0.4 is 0 Å². The number of ether oxygens (including phenoxy) is 1. The molecule has 4 aliphatic carbocycles. The van der Waals surface area contributed by atoms with Gasteiger partial charge in [-0.05, 0) is 92.3 Å². The number of fused-ring (bicyclic) bond motifs is 4. The predicted molar refractivity (Wildman–Crippen MR) is 146 cm³/mol. The molecule has 5 rings (SSSR count). The standard InChI is InChI=1S/C32H53NO4/c1-7-28(34)33(19-29(35)36)22-13-16-31(6)26-14-15-30(5)24(21(4)10-8-9-20(2)3)11-12-25(30)23(26)17-27-32(31,18-22)37-27/h20-27H,7-19H2,1-6H3,(H,35,36)/t21?,22-,23-,24+,25-,26-,27+,30+,31+,32?/m0/s1. The second-order valence-corrected chi connectivity index (χ2v) is 14.7. The normalized spacial score (nSPS) is 44.8. The van der Waals surface area contributed by atoms with Crippen LogP contribution in [0.2, 0.25) is 0 Å². The minimum Gasteiger partial charge on any atom is -0.480 e. The van der Waals surface area contributed by atoms with Crippen molar-refractivity contribution in [2.45, 2.75) is 136 Å². The van der Waals surface area contributed by atoms with E-state index in [1.54, 1.807) is 4.90 Å². The van der Waals surface area contributed by atoms with Gasteiger partial charge in [0, 0.05) is 17.9 Å². The van der Waals surface area contributed by atoms with Crippen molar-refractivity contribution >= 4 is 11.9 Å². The van der Waals surface area contributed by atoms with E-state index in [1.807, 2.05) is 6.92 Å². The lowest BCUT2D eigenvalue weighted by Crippen LogP contribution is -2.60. The maximum Gasteiger partial charge on any atom is 0.323 e. The van der Waals surface area contributed by atoms with Gasteiger partial charge in [0.05, 0.1) is 6.10 Å². The molecule has 4 saturated carbocycles. The van der Waals surface area contributed by atoms with Crippen LogP contribution in [0.5, 0.6) is 0 Å². The van der Waals surface area contributed by atoms with E-state index in [1.165, 1.54) is 51.4 Å². The highest BCUT2D eigenvalue weighted by Gasteiger charge is 2.76. The summed E-state index contributed by atoms with van der Waals surface area (Å²) in [5, 5.41) is 9.49. The van der Waals surface area contributed by atoms with E-state index in [2.05, 4.69) is 34.6 Å². The molecule has 5 heteroatoms. The lowest BCUT2D eigenvalue weighted by molar-refractivity contribution is -0.150. The number of epoxide rings is 1. The Bertz CT molecular complexity index is 888. The molecule has 5 nitrogen and oxygen atoms in total. The average Bonchev–Trinajstić information content (AvgIpc) is 3.42. The summed E-state index contributed by atoms with van der Waals surface area (Å²) in [5.74, 6) is 3.85. The van der Waals surface area contributed by atoms with Crippen molar-refractivity contribution in [3.8, 4) is 0 Å². The van der Waals surface area contributed by atoms with Gasteiger partial charge in [-0.3, -0.25) is 9.59 Å². The molecule has 0 radical (unpaired) electrons. The molecule has 0 aromatic carbocycles. The molecule has 1 spiro atoms. The van der Waals surface area contributed by atoms with Crippen LogP contribution in [-0.4, -0.2) is 46.2 Å². The Morgan fingerprint density at radius 1 is 1.03 bits per heavy atom. The molecule has 1 N–H and O–H groups in total. The highest BCUT2D eigenvalue weighted by Crippen LogP contribution is 2.74.